The topological polar surface area (TPSA) is 49.4 Å². The summed E-state index contributed by atoms with van der Waals surface area (Å²) < 4.78 is 27.1. The molecular formula is C12H24N2O2S2. The Morgan fingerprint density at radius 1 is 1.33 bits per heavy atom. The van der Waals surface area contributed by atoms with Gasteiger partial charge in [-0.15, -0.1) is 0 Å². The van der Waals surface area contributed by atoms with Crippen molar-refractivity contribution in [1.82, 2.24) is 9.62 Å². The van der Waals surface area contributed by atoms with Crippen molar-refractivity contribution >= 4 is 21.8 Å². The minimum absolute atomic E-state index is 0.203. The lowest BCUT2D eigenvalue weighted by atomic mass is 10.1. The van der Waals surface area contributed by atoms with Crippen LogP contribution >= 0.6 is 11.8 Å². The van der Waals surface area contributed by atoms with Gasteiger partial charge in [-0.1, -0.05) is 13.8 Å². The van der Waals surface area contributed by atoms with Crippen molar-refractivity contribution in [2.75, 3.05) is 31.9 Å². The highest BCUT2D eigenvalue weighted by Gasteiger charge is 2.35. The van der Waals surface area contributed by atoms with Gasteiger partial charge < -0.3 is 5.32 Å². The number of nitrogens with one attached hydrogen (secondary N) is 1. The lowest BCUT2D eigenvalue weighted by Crippen LogP contribution is -2.47. The third-order valence-electron chi connectivity index (χ3n) is 3.83. The van der Waals surface area contributed by atoms with Crippen LogP contribution in [0.4, 0.5) is 0 Å². The van der Waals surface area contributed by atoms with Crippen LogP contribution in [0.15, 0.2) is 0 Å². The Balaban J connectivity index is 2.05. The van der Waals surface area contributed by atoms with Crippen LogP contribution in [0.5, 0.6) is 0 Å². The van der Waals surface area contributed by atoms with E-state index in [9.17, 15) is 8.42 Å². The molecule has 0 saturated carbocycles. The molecule has 0 aromatic heterocycles. The summed E-state index contributed by atoms with van der Waals surface area (Å²) in [5, 5.41) is 2.99. The first-order chi connectivity index (χ1) is 8.42. The van der Waals surface area contributed by atoms with Crippen LogP contribution in [0.2, 0.25) is 0 Å². The van der Waals surface area contributed by atoms with Crippen LogP contribution in [-0.2, 0) is 10.0 Å². The van der Waals surface area contributed by atoms with E-state index < -0.39 is 10.0 Å². The van der Waals surface area contributed by atoms with E-state index >= 15 is 0 Å². The average molecular weight is 292 g/mol. The van der Waals surface area contributed by atoms with Gasteiger partial charge in [-0.25, -0.2) is 12.7 Å². The molecular weight excluding hydrogens is 268 g/mol. The summed E-state index contributed by atoms with van der Waals surface area (Å²) in [6.07, 6.45) is 2.72. The van der Waals surface area contributed by atoms with Crippen LogP contribution in [0, 0.1) is 0 Å². The molecule has 0 spiro atoms. The van der Waals surface area contributed by atoms with E-state index in [1.165, 1.54) is 0 Å². The Hall–Kier alpha value is 0.220. The Kier molecular flexibility index (Phi) is 4.62. The monoisotopic (exact) mass is 292 g/mol. The molecule has 2 saturated heterocycles. The van der Waals surface area contributed by atoms with Crippen molar-refractivity contribution in [3.05, 3.63) is 0 Å². The molecule has 2 aliphatic rings. The second-order valence-electron chi connectivity index (χ2n) is 5.77. The molecule has 2 aliphatic heterocycles. The van der Waals surface area contributed by atoms with E-state index in [0.717, 1.165) is 31.6 Å². The Morgan fingerprint density at radius 2 is 2.11 bits per heavy atom. The Labute approximate surface area is 115 Å². The van der Waals surface area contributed by atoms with Crippen LogP contribution < -0.4 is 5.32 Å². The van der Waals surface area contributed by atoms with E-state index in [2.05, 4.69) is 19.2 Å². The lowest BCUT2D eigenvalue weighted by molar-refractivity contribution is 0.394. The number of hydrogen-bond donors (Lipinski definition) is 1. The molecule has 18 heavy (non-hydrogen) atoms. The van der Waals surface area contributed by atoms with Crippen molar-refractivity contribution in [1.29, 1.82) is 0 Å². The maximum atomic E-state index is 12.6. The molecule has 0 amide bonds. The highest BCUT2D eigenvalue weighted by atomic mass is 32.2. The molecule has 6 heteroatoms. The summed E-state index contributed by atoms with van der Waals surface area (Å²) in [4.78, 5) is 0. The first kappa shape index (κ1) is 14.6. The zero-order chi connectivity index (χ0) is 13.2. The van der Waals surface area contributed by atoms with Gasteiger partial charge in [0.15, 0.2) is 0 Å². The molecule has 0 aromatic carbocycles. The second-order valence-corrected chi connectivity index (χ2v) is 9.79. The van der Waals surface area contributed by atoms with Gasteiger partial charge >= 0.3 is 0 Å². The fourth-order valence-corrected chi connectivity index (χ4v) is 5.66. The van der Waals surface area contributed by atoms with Crippen LogP contribution in [-0.4, -0.2) is 54.7 Å². The summed E-state index contributed by atoms with van der Waals surface area (Å²) in [5.74, 6) is 0.909. The highest BCUT2D eigenvalue weighted by molar-refractivity contribution is 8.00. The fraction of sp³-hybridized carbons (Fsp3) is 1.00. The molecule has 4 nitrogen and oxygen atoms in total. The molecule has 1 unspecified atom stereocenters. The van der Waals surface area contributed by atoms with E-state index in [1.54, 1.807) is 4.31 Å². The van der Waals surface area contributed by atoms with Gasteiger partial charge in [-0.3, -0.25) is 0 Å². The maximum Gasteiger partial charge on any atom is 0.218 e. The number of piperidine rings is 1. The van der Waals surface area contributed by atoms with Gasteiger partial charge in [0.2, 0.25) is 10.0 Å². The lowest BCUT2D eigenvalue weighted by Gasteiger charge is -2.29. The van der Waals surface area contributed by atoms with Gasteiger partial charge in [-0.2, -0.15) is 11.8 Å². The maximum absolute atomic E-state index is 12.6. The number of rotatable bonds is 2. The van der Waals surface area contributed by atoms with E-state index in [-0.39, 0.29) is 10.00 Å². The number of hydrogen-bond acceptors (Lipinski definition) is 4. The molecule has 0 radical (unpaired) electrons. The van der Waals surface area contributed by atoms with Crippen LogP contribution in [0.3, 0.4) is 0 Å². The average Bonchev–Trinajstić information content (AvgIpc) is 2.52. The van der Waals surface area contributed by atoms with Crippen molar-refractivity contribution in [2.24, 2.45) is 0 Å². The minimum atomic E-state index is -3.10. The molecule has 2 heterocycles. The summed E-state index contributed by atoms with van der Waals surface area (Å²) in [5.41, 5.74) is 0. The molecule has 0 bridgehead atoms. The van der Waals surface area contributed by atoms with E-state index in [0.29, 0.717) is 19.6 Å². The van der Waals surface area contributed by atoms with E-state index in [1.807, 2.05) is 11.8 Å². The van der Waals surface area contributed by atoms with Gasteiger partial charge in [-0.05, 0) is 25.8 Å². The van der Waals surface area contributed by atoms with Crippen LogP contribution in [0.1, 0.15) is 33.1 Å². The van der Waals surface area contributed by atoms with Crippen LogP contribution in [0.25, 0.3) is 0 Å². The summed E-state index contributed by atoms with van der Waals surface area (Å²) in [6, 6.07) is 0. The molecule has 2 rings (SSSR count). The molecule has 1 N–H and O–H groups in total. The molecule has 2 fully saturated rings. The zero-order valence-corrected chi connectivity index (χ0v) is 12.9. The zero-order valence-electron chi connectivity index (χ0n) is 11.3. The molecule has 1 atom stereocenters. The summed E-state index contributed by atoms with van der Waals surface area (Å²) in [7, 11) is -3.10. The number of thioether (sulfide) groups is 1. The van der Waals surface area contributed by atoms with Gasteiger partial charge in [0.25, 0.3) is 0 Å². The van der Waals surface area contributed by atoms with Gasteiger partial charge in [0.05, 0.1) is 5.25 Å². The van der Waals surface area contributed by atoms with Gasteiger partial charge in [0, 0.05) is 30.1 Å². The van der Waals surface area contributed by atoms with E-state index in [4.69, 9.17) is 0 Å². The predicted octanol–water partition coefficient (Wildman–Crippen LogP) is 1.29. The highest BCUT2D eigenvalue weighted by Crippen LogP contribution is 2.32. The smallest absolute Gasteiger partial charge is 0.218 e. The second kappa shape index (κ2) is 5.69. The Morgan fingerprint density at radius 3 is 2.78 bits per heavy atom. The third kappa shape index (κ3) is 3.40. The minimum Gasteiger partial charge on any atom is -0.315 e. The number of sulfonamides is 1. The Bertz CT molecular complexity index is 376. The predicted molar refractivity (Wildman–Crippen MR) is 77.5 cm³/mol. The first-order valence-electron chi connectivity index (χ1n) is 6.75. The standard InChI is InChI=1S/C12H24N2O2S2/c1-12(2)5-7-14(8-9-17-12)18(15,16)11-4-3-6-13-10-11/h11,13H,3-10H2,1-2H3. The SMILES string of the molecule is CC1(C)CCN(S(=O)(=O)C2CCCNC2)CCS1. The third-order valence-corrected chi connectivity index (χ3v) is 7.53. The van der Waals surface area contributed by atoms with Crippen molar-refractivity contribution < 1.29 is 8.42 Å². The van der Waals surface area contributed by atoms with Crippen molar-refractivity contribution in [2.45, 2.75) is 43.1 Å². The van der Waals surface area contributed by atoms with Crippen molar-refractivity contribution in [3.63, 3.8) is 0 Å². The largest absolute Gasteiger partial charge is 0.315 e. The van der Waals surface area contributed by atoms with Gasteiger partial charge in [0.1, 0.15) is 0 Å². The first-order valence-corrected chi connectivity index (χ1v) is 9.24. The fourth-order valence-electron chi connectivity index (χ4n) is 2.54. The molecule has 0 aliphatic carbocycles. The normalized spacial score (nSPS) is 30.9. The summed E-state index contributed by atoms with van der Waals surface area (Å²) >= 11 is 1.89. The molecule has 0 aromatic rings. The quantitative estimate of drug-likeness (QED) is 0.833. The summed E-state index contributed by atoms with van der Waals surface area (Å²) in [6.45, 7) is 7.34. The van der Waals surface area contributed by atoms with Crippen molar-refractivity contribution in [3.8, 4) is 0 Å². The molecule has 106 valence electrons. The number of nitrogens with zero attached hydrogens (tertiary/aromatic N) is 1.